The van der Waals surface area contributed by atoms with E-state index >= 15 is 0 Å². The Labute approximate surface area is 399 Å². The number of carbonyl (C=O) groups excluding carboxylic acids is 3. The van der Waals surface area contributed by atoms with Gasteiger partial charge in [0.05, 0.1) is 40.3 Å². The molecule has 0 fully saturated rings. The molecule has 0 aliphatic carbocycles. The number of carboxylic acids is 1. The lowest BCUT2D eigenvalue weighted by atomic mass is 10.0. The zero-order valence-corrected chi connectivity index (χ0v) is 42.6. The Morgan fingerprint density at radius 1 is 0.477 bits per heavy atom. The standard InChI is InChI=1S/C56H99NO8/c1-6-8-10-12-14-16-18-20-22-24-25-26-27-28-29-31-32-34-36-38-40-42-44-46-53(58)63-50-52(51-64-56(55(60)61)62-49-48-57(3,4)5)65-54(59)47-45-43-41-39-37-35-33-30-23-21-19-17-15-13-11-9-7-2/h9,11,15,17,21,23-25,33,35,52,56H,6-8,10,12-14,16,18-20,22,26-32,34,36-51H2,1-5H3/b11-9-,17-15-,23-21-,25-24-,35-33-. The summed E-state index contributed by atoms with van der Waals surface area (Å²) in [5.74, 6) is -2.32. The predicted molar refractivity (Wildman–Crippen MR) is 269 cm³/mol. The fourth-order valence-electron chi connectivity index (χ4n) is 7.17. The number of hydrogen-bond donors (Lipinski definition) is 0. The predicted octanol–water partition coefficient (Wildman–Crippen LogP) is 13.6. The fourth-order valence-corrected chi connectivity index (χ4v) is 7.17. The van der Waals surface area contributed by atoms with Gasteiger partial charge in [-0.3, -0.25) is 9.59 Å². The van der Waals surface area contributed by atoms with E-state index in [0.717, 1.165) is 70.6 Å². The maximum atomic E-state index is 12.8. The molecule has 9 heteroatoms. The van der Waals surface area contributed by atoms with Crippen LogP contribution >= 0.6 is 0 Å². The van der Waals surface area contributed by atoms with Crippen LogP contribution in [-0.2, 0) is 33.3 Å². The first-order valence-corrected chi connectivity index (χ1v) is 26.4. The van der Waals surface area contributed by atoms with Crippen molar-refractivity contribution in [3.63, 3.8) is 0 Å². The van der Waals surface area contributed by atoms with E-state index in [1.54, 1.807) is 0 Å². The van der Waals surface area contributed by atoms with Gasteiger partial charge in [-0.2, -0.15) is 0 Å². The van der Waals surface area contributed by atoms with Crippen LogP contribution in [0.25, 0.3) is 0 Å². The number of carbonyl (C=O) groups is 3. The summed E-state index contributed by atoms with van der Waals surface area (Å²) >= 11 is 0. The van der Waals surface area contributed by atoms with Crippen molar-refractivity contribution in [2.75, 3.05) is 47.5 Å². The van der Waals surface area contributed by atoms with E-state index < -0.39 is 24.3 Å². The van der Waals surface area contributed by atoms with Crippen LogP contribution in [0.15, 0.2) is 60.8 Å². The number of esters is 2. The number of unbranched alkanes of at least 4 members (excludes halogenated alkanes) is 23. The molecule has 2 atom stereocenters. The zero-order valence-electron chi connectivity index (χ0n) is 42.6. The lowest BCUT2D eigenvalue weighted by Crippen LogP contribution is -2.44. The largest absolute Gasteiger partial charge is 0.545 e. The number of likely N-dealkylation sites (N-methyl/N-ethyl adjacent to an activating group) is 1. The molecular formula is C56H99NO8. The van der Waals surface area contributed by atoms with Crippen LogP contribution < -0.4 is 5.11 Å². The minimum atomic E-state index is -1.63. The average Bonchev–Trinajstić information content (AvgIpc) is 3.27. The van der Waals surface area contributed by atoms with Crippen LogP contribution in [0.4, 0.5) is 0 Å². The molecule has 0 N–H and O–H groups in total. The summed E-state index contributed by atoms with van der Waals surface area (Å²) in [7, 11) is 5.90. The number of quaternary nitrogens is 1. The van der Waals surface area contributed by atoms with Crippen LogP contribution in [-0.4, -0.2) is 82.3 Å². The molecule has 0 heterocycles. The molecule has 0 aliphatic heterocycles. The van der Waals surface area contributed by atoms with Gasteiger partial charge in [0.2, 0.25) is 0 Å². The van der Waals surface area contributed by atoms with Gasteiger partial charge in [-0.15, -0.1) is 0 Å². The molecule has 0 rings (SSSR count). The van der Waals surface area contributed by atoms with Gasteiger partial charge in [-0.25, -0.2) is 0 Å². The van der Waals surface area contributed by atoms with Crippen LogP contribution in [0.2, 0.25) is 0 Å². The van der Waals surface area contributed by atoms with Crippen LogP contribution in [0.1, 0.15) is 219 Å². The minimum absolute atomic E-state index is 0.140. The topological polar surface area (TPSA) is 111 Å². The molecule has 0 saturated carbocycles. The molecule has 0 aromatic carbocycles. The Balaban J connectivity index is 4.32. The molecule has 65 heavy (non-hydrogen) atoms. The van der Waals surface area contributed by atoms with Crippen LogP contribution in [0.5, 0.6) is 0 Å². The Morgan fingerprint density at radius 3 is 1.32 bits per heavy atom. The number of nitrogens with zero attached hydrogens (tertiary/aromatic N) is 1. The normalized spacial score (nSPS) is 13.3. The second-order valence-electron chi connectivity index (χ2n) is 18.8. The highest BCUT2D eigenvalue weighted by Gasteiger charge is 2.22. The number of hydrogen-bond acceptors (Lipinski definition) is 8. The molecule has 0 spiro atoms. The summed E-state index contributed by atoms with van der Waals surface area (Å²) < 4.78 is 22.6. The van der Waals surface area contributed by atoms with E-state index in [2.05, 4.69) is 74.6 Å². The third-order valence-electron chi connectivity index (χ3n) is 11.2. The van der Waals surface area contributed by atoms with Gasteiger partial charge in [0, 0.05) is 12.8 Å². The molecule has 0 aliphatic rings. The van der Waals surface area contributed by atoms with E-state index in [9.17, 15) is 19.5 Å². The molecule has 2 unspecified atom stereocenters. The first-order chi connectivity index (χ1) is 31.6. The highest BCUT2D eigenvalue weighted by Crippen LogP contribution is 2.15. The van der Waals surface area contributed by atoms with Gasteiger partial charge in [0.15, 0.2) is 12.4 Å². The first-order valence-electron chi connectivity index (χ1n) is 26.4. The molecule has 0 aromatic heterocycles. The number of aliphatic carboxylic acids is 1. The van der Waals surface area contributed by atoms with Crippen LogP contribution in [0, 0.1) is 0 Å². The molecule has 0 bridgehead atoms. The van der Waals surface area contributed by atoms with Crippen molar-refractivity contribution in [3.8, 4) is 0 Å². The van der Waals surface area contributed by atoms with Crippen molar-refractivity contribution in [2.45, 2.75) is 232 Å². The van der Waals surface area contributed by atoms with Crippen molar-refractivity contribution in [3.05, 3.63) is 60.8 Å². The summed E-state index contributed by atoms with van der Waals surface area (Å²) in [5, 5.41) is 11.7. The van der Waals surface area contributed by atoms with E-state index in [1.807, 2.05) is 21.1 Å². The Hall–Kier alpha value is -3.01. The van der Waals surface area contributed by atoms with Crippen molar-refractivity contribution in [1.82, 2.24) is 0 Å². The summed E-state index contributed by atoms with van der Waals surface area (Å²) in [4.78, 5) is 37.2. The first kappa shape index (κ1) is 62.0. The summed E-state index contributed by atoms with van der Waals surface area (Å²) in [5.41, 5.74) is 0. The summed E-state index contributed by atoms with van der Waals surface area (Å²) in [6, 6.07) is 0. The van der Waals surface area contributed by atoms with Gasteiger partial charge < -0.3 is 33.3 Å². The maximum Gasteiger partial charge on any atom is 0.306 e. The lowest BCUT2D eigenvalue weighted by molar-refractivity contribution is -0.870. The molecule has 9 nitrogen and oxygen atoms in total. The summed E-state index contributed by atoms with van der Waals surface area (Å²) in [6.07, 6.45) is 55.5. The number of ether oxygens (including phenoxy) is 4. The SMILES string of the molecule is CC/C=C\C/C=C\C/C=C\C/C=C\CCCCCCC(=O)OC(COC(=O)CCCCCCCCCCCCC/C=C\CCCCCCCCCC)COC(OCC[N+](C)(C)C)C(=O)[O-]. The van der Waals surface area contributed by atoms with Crippen molar-refractivity contribution >= 4 is 17.9 Å². The second kappa shape index (κ2) is 47.5. The van der Waals surface area contributed by atoms with Crippen molar-refractivity contribution in [2.24, 2.45) is 0 Å². The van der Waals surface area contributed by atoms with Gasteiger partial charge in [0.25, 0.3) is 0 Å². The highest BCUT2D eigenvalue weighted by molar-refractivity contribution is 5.70. The third kappa shape index (κ3) is 48.7. The van der Waals surface area contributed by atoms with Gasteiger partial charge in [-0.1, -0.05) is 190 Å². The Morgan fingerprint density at radius 2 is 0.877 bits per heavy atom. The van der Waals surface area contributed by atoms with E-state index in [1.165, 1.54) is 116 Å². The average molecular weight is 914 g/mol. The van der Waals surface area contributed by atoms with Gasteiger partial charge in [-0.05, 0) is 77.0 Å². The smallest absolute Gasteiger partial charge is 0.306 e. The van der Waals surface area contributed by atoms with Crippen molar-refractivity contribution in [1.29, 1.82) is 0 Å². The number of carboxylic acid groups (broad SMARTS) is 1. The zero-order chi connectivity index (χ0) is 47.7. The van der Waals surface area contributed by atoms with E-state index in [-0.39, 0.29) is 38.6 Å². The third-order valence-corrected chi connectivity index (χ3v) is 11.2. The summed E-state index contributed by atoms with van der Waals surface area (Å²) in [6.45, 7) is 4.61. The number of rotatable bonds is 48. The van der Waals surface area contributed by atoms with E-state index in [0.29, 0.717) is 17.4 Å². The fraction of sp³-hybridized carbons (Fsp3) is 0.768. The van der Waals surface area contributed by atoms with Crippen LogP contribution in [0.3, 0.4) is 0 Å². The van der Waals surface area contributed by atoms with E-state index in [4.69, 9.17) is 18.9 Å². The maximum absolute atomic E-state index is 12.8. The number of allylic oxidation sites excluding steroid dienone is 10. The molecule has 0 saturated heterocycles. The molecule has 0 aromatic rings. The molecule has 0 amide bonds. The monoisotopic (exact) mass is 914 g/mol. The second-order valence-corrected chi connectivity index (χ2v) is 18.8. The molecule has 0 radical (unpaired) electrons. The Kier molecular flexibility index (Phi) is 45.3. The quantitative estimate of drug-likeness (QED) is 0.0195. The lowest BCUT2D eigenvalue weighted by Gasteiger charge is -2.26. The van der Waals surface area contributed by atoms with Gasteiger partial charge >= 0.3 is 11.9 Å². The molecular weight excluding hydrogens is 815 g/mol. The molecule has 376 valence electrons. The highest BCUT2D eigenvalue weighted by atomic mass is 16.7. The van der Waals surface area contributed by atoms with Crippen molar-refractivity contribution < 1.29 is 42.9 Å². The minimum Gasteiger partial charge on any atom is -0.545 e. The Bertz CT molecular complexity index is 1250. The van der Waals surface area contributed by atoms with Gasteiger partial charge in [0.1, 0.15) is 13.2 Å².